The van der Waals surface area contributed by atoms with Crippen LogP contribution in [0.4, 0.5) is 11.4 Å². The largest absolute Gasteiger partial charge is 0.497 e. The zero-order valence-corrected chi connectivity index (χ0v) is 21.8. The summed E-state index contributed by atoms with van der Waals surface area (Å²) in [6, 6.07) is 17.2. The normalized spacial score (nSPS) is 13.3. The molecule has 3 aromatic carbocycles. The Balaban J connectivity index is 1.37. The molecule has 0 aromatic heterocycles. The van der Waals surface area contributed by atoms with Crippen molar-refractivity contribution in [2.24, 2.45) is 0 Å². The van der Waals surface area contributed by atoms with Crippen molar-refractivity contribution in [3.63, 3.8) is 0 Å². The second-order valence-electron chi connectivity index (χ2n) is 8.22. The number of fused-ring (bicyclic) bond motifs is 1. The molecule has 3 aromatic rings. The van der Waals surface area contributed by atoms with Crippen LogP contribution in [0.2, 0.25) is 10.0 Å². The maximum atomic E-state index is 12.8. The summed E-state index contributed by atoms with van der Waals surface area (Å²) in [4.78, 5) is 27.0. The zero-order valence-electron chi connectivity index (χ0n) is 20.3. The first kappa shape index (κ1) is 26.4. The van der Waals surface area contributed by atoms with E-state index in [1.54, 1.807) is 55.3 Å². The molecule has 4 rings (SSSR count). The molecule has 0 bridgehead atoms. The Kier molecular flexibility index (Phi) is 8.63. The third-order valence-electron chi connectivity index (χ3n) is 5.59. The van der Waals surface area contributed by atoms with E-state index in [9.17, 15) is 9.59 Å². The number of carbonyl (C=O) groups excluding carboxylic acids is 2. The van der Waals surface area contributed by atoms with E-state index in [1.165, 1.54) is 0 Å². The summed E-state index contributed by atoms with van der Waals surface area (Å²) in [5.74, 6) is 1.83. The van der Waals surface area contributed by atoms with Crippen LogP contribution in [0.5, 0.6) is 23.0 Å². The fourth-order valence-corrected chi connectivity index (χ4v) is 4.12. The SMILES string of the molecule is COc1ccc(OCCCN2C(=O)COc3ccc(NC(=O)C(C)Oc4ccc(Cl)cc4Cl)cc32)cc1. The zero-order chi connectivity index (χ0) is 26.4. The van der Waals surface area contributed by atoms with E-state index >= 15 is 0 Å². The average molecular weight is 545 g/mol. The summed E-state index contributed by atoms with van der Waals surface area (Å²) in [5, 5.41) is 3.59. The molecule has 1 unspecified atom stereocenters. The summed E-state index contributed by atoms with van der Waals surface area (Å²) in [5.41, 5.74) is 1.08. The quantitative estimate of drug-likeness (QED) is 0.334. The number of hydrogen-bond acceptors (Lipinski definition) is 6. The van der Waals surface area contributed by atoms with Gasteiger partial charge in [0.25, 0.3) is 11.8 Å². The fourth-order valence-electron chi connectivity index (χ4n) is 3.67. The number of rotatable bonds is 10. The van der Waals surface area contributed by atoms with Gasteiger partial charge in [0, 0.05) is 17.3 Å². The molecule has 1 heterocycles. The van der Waals surface area contributed by atoms with Crippen molar-refractivity contribution in [3.05, 3.63) is 70.7 Å². The standard InChI is InChI=1S/C27H26Cl2N2O6/c1-17(37-24-10-4-18(28)14-22(24)29)27(33)30-19-5-11-25-23(15-19)31(26(32)16-36-25)12-3-13-35-21-8-6-20(34-2)7-9-21/h4-11,14-15,17H,3,12-13,16H2,1-2H3,(H,30,33). The minimum Gasteiger partial charge on any atom is -0.497 e. The van der Waals surface area contributed by atoms with Crippen LogP contribution in [0, 0.1) is 0 Å². The molecule has 0 aliphatic carbocycles. The number of anilines is 2. The van der Waals surface area contributed by atoms with Gasteiger partial charge in [0.1, 0.15) is 23.0 Å². The van der Waals surface area contributed by atoms with Gasteiger partial charge in [-0.2, -0.15) is 0 Å². The topological polar surface area (TPSA) is 86.3 Å². The number of nitrogens with zero attached hydrogens (tertiary/aromatic N) is 1. The summed E-state index contributed by atoms with van der Waals surface area (Å²) in [6.07, 6.45) is -0.237. The van der Waals surface area contributed by atoms with Gasteiger partial charge in [-0.15, -0.1) is 0 Å². The Morgan fingerprint density at radius 3 is 2.57 bits per heavy atom. The molecule has 1 atom stereocenters. The maximum absolute atomic E-state index is 12.8. The number of benzene rings is 3. The summed E-state index contributed by atoms with van der Waals surface area (Å²) < 4.78 is 22.2. The fraction of sp³-hybridized carbons (Fsp3) is 0.259. The van der Waals surface area contributed by atoms with Crippen molar-refractivity contribution in [1.29, 1.82) is 0 Å². The molecule has 194 valence electrons. The highest BCUT2D eigenvalue weighted by Gasteiger charge is 2.26. The van der Waals surface area contributed by atoms with E-state index in [4.69, 9.17) is 42.1 Å². The van der Waals surface area contributed by atoms with E-state index in [-0.39, 0.29) is 18.4 Å². The van der Waals surface area contributed by atoms with Gasteiger partial charge >= 0.3 is 0 Å². The highest BCUT2D eigenvalue weighted by molar-refractivity contribution is 6.35. The highest BCUT2D eigenvalue weighted by atomic mass is 35.5. The molecule has 2 amide bonds. The van der Waals surface area contributed by atoms with Crippen molar-refractivity contribution >= 4 is 46.4 Å². The van der Waals surface area contributed by atoms with Crippen LogP contribution in [-0.2, 0) is 9.59 Å². The maximum Gasteiger partial charge on any atom is 0.265 e. The van der Waals surface area contributed by atoms with Crippen molar-refractivity contribution in [2.75, 3.05) is 37.1 Å². The lowest BCUT2D eigenvalue weighted by Gasteiger charge is -2.30. The third kappa shape index (κ3) is 6.78. The van der Waals surface area contributed by atoms with Gasteiger partial charge < -0.3 is 29.2 Å². The number of nitrogens with one attached hydrogen (secondary N) is 1. The first-order valence-corrected chi connectivity index (χ1v) is 12.4. The van der Waals surface area contributed by atoms with Crippen molar-refractivity contribution in [2.45, 2.75) is 19.4 Å². The minimum absolute atomic E-state index is 0.0508. The van der Waals surface area contributed by atoms with E-state index in [0.717, 1.165) is 11.5 Å². The first-order valence-electron chi connectivity index (χ1n) is 11.6. The Bertz CT molecular complexity index is 1270. The van der Waals surface area contributed by atoms with Crippen LogP contribution >= 0.6 is 23.2 Å². The predicted molar refractivity (Wildman–Crippen MR) is 143 cm³/mol. The Morgan fingerprint density at radius 1 is 1.08 bits per heavy atom. The van der Waals surface area contributed by atoms with Gasteiger partial charge in [0.2, 0.25) is 0 Å². The molecule has 10 heteroatoms. The van der Waals surface area contributed by atoms with E-state index in [2.05, 4.69) is 5.32 Å². The van der Waals surface area contributed by atoms with Crippen LogP contribution in [0.3, 0.4) is 0 Å². The lowest BCUT2D eigenvalue weighted by Crippen LogP contribution is -2.40. The molecule has 0 fully saturated rings. The van der Waals surface area contributed by atoms with Crippen LogP contribution < -0.4 is 29.2 Å². The summed E-state index contributed by atoms with van der Waals surface area (Å²) in [7, 11) is 1.61. The van der Waals surface area contributed by atoms with Crippen LogP contribution in [0.25, 0.3) is 0 Å². The van der Waals surface area contributed by atoms with Crippen molar-refractivity contribution in [1.82, 2.24) is 0 Å². The Morgan fingerprint density at radius 2 is 1.84 bits per heavy atom. The molecule has 1 aliphatic rings. The predicted octanol–water partition coefficient (Wildman–Crippen LogP) is 5.60. The van der Waals surface area contributed by atoms with E-state index in [0.29, 0.717) is 52.5 Å². The molecule has 1 aliphatic heterocycles. The van der Waals surface area contributed by atoms with Crippen molar-refractivity contribution in [3.8, 4) is 23.0 Å². The van der Waals surface area contributed by atoms with Crippen LogP contribution in [0.1, 0.15) is 13.3 Å². The smallest absolute Gasteiger partial charge is 0.265 e. The van der Waals surface area contributed by atoms with Crippen LogP contribution in [0.15, 0.2) is 60.7 Å². The van der Waals surface area contributed by atoms with Crippen molar-refractivity contribution < 1.29 is 28.5 Å². The van der Waals surface area contributed by atoms with Gasteiger partial charge in [0.15, 0.2) is 12.7 Å². The number of carbonyl (C=O) groups is 2. The molecule has 0 spiro atoms. The molecule has 0 saturated heterocycles. The third-order valence-corrected chi connectivity index (χ3v) is 6.12. The first-order chi connectivity index (χ1) is 17.8. The minimum atomic E-state index is -0.834. The number of methoxy groups -OCH3 is 1. The number of ether oxygens (including phenoxy) is 4. The number of halogens is 2. The van der Waals surface area contributed by atoms with Gasteiger partial charge in [-0.25, -0.2) is 0 Å². The molecular weight excluding hydrogens is 519 g/mol. The van der Waals surface area contributed by atoms with Gasteiger partial charge in [-0.05, 0) is 74.0 Å². The molecular formula is C27H26Cl2N2O6. The summed E-state index contributed by atoms with van der Waals surface area (Å²) in [6.45, 7) is 2.41. The van der Waals surface area contributed by atoms with Gasteiger partial charge in [0.05, 0.1) is 24.4 Å². The van der Waals surface area contributed by atoms with Gasteiger partial charge in [-0.3, -0.25) is 9.59 Å². The van der Waals surface area contributed by atoms with E-state index < -0.39 is 6.10 Å². The molecule has 1 N–H and O–H groups in total. The van der Waals surface area contributed by atoms with E-state index in [1.807, 2.05) is 24.3 Å². The van der Waals surface area contributed by atoms with Crippen LogP contribution in [-0.4, -0.2) is 44.8 Å². The Labute approximate surface area is 225 Å². The lowest BCUT2D eigenvalue weighted by atomic mass is 10.2. The second-order valence-corrected chi connectivity index (χ2v) is 9.06. The molecule has 0 saturated carbocycles. The number of hydrogen-bond donors (Lipinski definition) is 1. The highest BCUT2D eigenvalue weighted by Crippen LogP contribution is 2.35. The average Bonchev–Trinajstić information content (AvgIpc) is 2.89. The molecule has 8 nitrogen and oxygen atoms in total. The molecule has 0 radical (unpaired) electrons. The summed E-state index contributed by atoms with van der Waals surface area (Å²) >= 11 is 12.1. The number of amides is 2. The lowest BCUT2D eigenvalue weighted by molar-refractivity contribution is -0.122. The Hall–Kier alpha value is -3.62. The monoisotopic (exact) mass is 544 g/mol. The second kappa shape index (κ2) is 12.1. The molecule has 37 heavy (non-hydrogen) atoms. The van der Waals surface area contributed by atoms with Gasteiger partial charge in [-0.1, -0.05) is 23.2 Å².